The Morgan fingerprint density at radius 3 is 2.70 bits per heavy atom. The van der Waals surface area contributed by atoms with Gasteiger partial charge >= 0.3 is 0 Å². The van der Waals surface area contributed by atoms with Crippen LogP contribution in [0.3, 0.4) is 0 Å². The Morgan fingerprint density at radius 2 is 1.96 bits per heavy atom. The molecular weight excluding hydrogens is 314 g/mol. The van der Waals surface area contributed by atoms with Crippen LogP contribution in [0.2, 0.25) is 5.02 Å². The van der Waals surface area contributed by atoms with Crippen LogP contribution in [0.15, 0.2) is 59.7 Å². The molecule has 3 rings (SSSR count). The lowest BCUT2D eigenvalue weighted by Gasteiger charge is -2.14. The van der Waals surface area contributed by atoms with Gasteiger partial charge in [0, 0.05) is 17.4 Å². The van der Waals surface area contributed by atoms with Gasteiger partial charge in [-0.3, -0.25) is 14.0 Å². The van der Waals surface area contributed by atoms with Crippen molar-refractivity contribution in [3.8, 4) is 0 Å². The molecule has 0 fully saturated rings. The number of fused-ring (bicyclic) bond motifs is 1. The second kappa shape index (κ2) is 6.22. The average Bonchev–Trinajstić information content (AvgIpc) is 2.56. The average molecular weight is 328 g/mol. The maximum atomic E-state index is 12.4. The van der Waals surface area contributed by atoms with Gasteiger partial charge in [-0.2, -0.15) is 0 Å². The molecule has 6 heteroatoms. The van der Waals surface area contributed by atoms with Crippen LogP contribution in [-0.4, -0.2) is 15.3 Å². The van der Waals surface area contributed by atoms with Gasteiger partial charge in [-0.15, -0.1) is 0 Å². The van der Waals surface area contributed by atoms with Crippen molar-refractivity contribution < 1.29 is 4.79 Å². The summed E-state index contributed by atoms with van der Waals surface area (Å²) in [6.45, 7) is 1.84. The van der Waals surface area contributed by atoms with E-state index in [1.807, 2.05) is 19.1 Å². The number of hydrogen-bond acceptors (Lipinski definition) is 3. The summed E-state index contributed by atoms with van der Waals surface area (Å²) in [6, 6.07) is 12.1. The lowest BCUT2D eigenvalue weighted by atomic mass is 10.1. The van der Waals surface area contributed by atoms with Crippen LogP contribution in [0, 0.1) is 0 Å². The molecule has 0 bridgehead atoms. The molecule has 23 heavy (non-hydrogen) atoms. The van der Waals surface area contributed by atoms with Crippen molar-refractivity contribution in [2.75, 3.05) is 0 Å². The number of nitrogens with zero attached hydrogens (tertiary/aromatic N) is 2. The highest BCUT2D eigenvalue weighted by atomic mass is 35.5. The van der Waals surface area contributed by atoms with Gasteiger partial charge in [0.05, 0.1) is 6.04 Å². The number of hydrogen-bond donors (Lipinski definition) is 1. The summed E-state index contributed by atoms with van der Waals surface area (Å²) in [5.41, 5.74) is 1.02. The molecule has 1 atom stereocenters. The number of halogens is 1. The van der Waals surface area contributed by atoms with Crippen LogP contribution < -0.4 is 10.9 Å². The smallest absolute Gasteiger partial charge is 0.270 e. The lowest BCUT2D eigenvalue weighted by Crippen LogP contribution is -2.33. The summed E-state index contributed by atoms with van der Waals surface area (Å²) in [5, 5.41) is 3.43. The van der Waals surface area contributed by atoms with Crippen LogP contribution in [-0.2, 0) is 0 Å². The zero-order valence-corrected chi connectivity index (χ0v) is 13.1. The topological polar surface area (TPSA) is 63.5 Å². The maximum Gasteiger partial charge on any atom is 0.270 e. The van der Waals surface area contributed by atoms with Crippen LogP contribution in [0.5, 0.6) is 0 Å². The van der Waals surface area contributed by atoms with Gasteiger partial charge in [-0.1, -0.05) is 29.8 Å². The van der Waals surface area contributed by atoms with Gasteiger partial charge in [-0.25, -0.2) is 4.98 Å². The first kappa shape index (κ1) is 15.2. The molecular formula is C17H14ClN3O2. The van der Waals surface area contributed by atoms with E-state index < -0.39 is 11.5 Å². The van der Waals surface area contributed by atoms with E-state index in [1.165, 1.54) is 10.6 Å². The van der Waals surface area contributed by atoms with Crippen molar-refractivity contribution >= 4 is 23.2 Å². The van der Waals surface area contributed by atoms with Crippen molar-refractivity contribution in [2.24, 2.45) is 0 Å². The first-order valence-corrected chi connectivity index (χ1v) is 7.47. The van der Waals surface area contributed by atoms with Crippen LogP contribution >= 0.6 is 11.6 Å². The fraction of sp³-hybridized carbons (Fsp3) is 0.118. The predicted octanol–water partition coefficient (Wildman–Crippen LogP) is 2.84. The van der Waals surface area contributed by atoms with Gasteiger partial charge in [0.25, 0.3) is 11.5 Å². The Kier molecular flexibility index (Phi) is 4.12. The molecule has 0 unspecified atom stereocenters. The van der Waals surface area contributed by atoms with E-state index in [9.17, 15) is 9.59 Å². The van der Waals surface area contributed by atoms with E-state index in [2.05, 4.69) is 10.3 Å². The molecule has 1 amide bonds. The highest BCUT2D eigenvalue weighted by Crippen LogP contribution is 2.16. The normalized spacial score (nSPS) is 12.1. The summed E-state index contributed by atoms with van der Waals surface area (Å²) >= 11 is 5.85. The molecule has 5 nitrogen and oxygen atoms in total. The van der Waals surface area contributed by atoms with E-state index in [-0.39, 0.29) is 11.6 Å². The summed E-state index contributed by atoms with van der Waals surface area (Å²) in [5.74, 6) is -0.455. The maximum absolute atomic E-state index is 12.4. The lowest BCUT2D eigenvalue weighted by molar-refractivity contribution is 0.0938. The number of aromatic nitrogens is 2. The van der Waals surface area contributed by atoms with Gasteiger partial charge in [0.2, 0.25) is 0 Å². The Labute approximate surface area is 137 Å². The number of amides is 1. The number of pyridine rings is 1. The van der Waals surface area contributed by atoms with E-state index in [1.54, 1.807) is 36.5 Å². The number of nitrogens with one attached hydrogen (secondary N) is 1. The van der Waals surface area contributed by atoms with E-state index >= 15 is 0 Å². The molecule has 0 radical (unpaired) electrons. The predicted molar refractivity (Wildman–Crippen MR) is 88.8 cm³/mol. The molecule has 0 saturated heterocycles. The Morgan fingerprint density at radius 1 is 1.22 bits per heavy atom. The largest absolute Gasteiger partial charge is 0.345 e. The molecule has 116 valence electrons. The minimum atomic E-state index is -0.455. The Bertz CT molecular complexity index is 919. The summed E-state index contributed by atoms with van der Waals surface area (Å²) in [7, 11) is 0. The number of carbonyl (C=O) groups is 1. The fourth-order valence-corrected chi connectivity index (χ4v) is 2.42. The molecule has 0 aliphatic carbocycles. The van der Waals surface area contributed by atoms with E-state index in [0.29, 0.717) is 10.7 Å². The zero-order chi connectivity index (χ0) is 16.4. The Hall–Kier alpha value is -2.66. The molecule has 3 aromatic rings. The van der Waals surface area contributed by atoms with Crippen molar-refractivity contribution in [3.05, 3.63) is 81.4 Å². The van der Waals surface area contributed by atoms with Gasteiger partial charge in [0.15, 0.2) is 0 Å². The molecule has 0 saturated carbocycles. The fourth-order valence-electron chi connectivity index (χ4n) is 2.29. The van der Waals surface area contributed by atoms with E-state index in [4.69, 9.17) is 11.6 Å². The first-order valence-electron chi connectivity index (χ1n) is 7.09. The third-order valence-electron chi connectivity index (χ3n) is 3.58. The van der Waals surface area contributed by atoms with Crippen molar-refractivity contribution in [1.82, 2.24) is 14.7 Å². The van der Waals surface area contributed by atoms with Crippen molar-refractivity contribution in [2.45, 2.75) is 13.0 Å². The highest BCUT2D eigenvalue weighted by molar-refractivity contribution is 6.30. The third kappa shape index (κ3) is 3.10. The van der Waals surface area contributed by atoms with Crippen LogP contribution in [0.4, 0.5) is 0 Å². The van der Waals surface area contributed by atoms with Crippen LogP contribution in [0.1, 0.15) is 28.9 Å². The molecule has 0 spiro atoms. The molecule has 2 heterocycles. The number of rotatable bonds is 3. The van der Waals surface area contributed by atoms with Crippen LogP contribution in [0.25, 0.3) is 5.65 Å². The van der Waals surface area contributed by atoms with Gasteiger partial charge in [0.1, 0.15) is 11.2 Å². The second-order valence-electron chi connectivity index (χ2n) is 5.15. The second-order valence-corrected chi connectivity index (χ2v) is 5.59. The summed E-state index contributed by atoms with van der Waals surface area (Å²) in [4.78, 5) is 28.9. The van der Waals surface area contributed by atoms with Crippen molar-refractivity contribution in [1.29, 1.82) is 0 Å². The molecule has 2 aromatic heterocycles. The molecule has 0 aliphatic heterocycles. The highest BCUT2D eigenvalue weighted by Gasteiger charge is 2.16. The minimum absolute atomic E-state index is 0.00881. The zero-order valence-electron chi connectivity index (χ0n) is 12.4. The first-order chi connectivity index (χ1) is 11.1. The number of carbonyl (C=O) groups excluding carboxylic acids is 1. The molecule has 1 N–H and O–H groups in total. The Balaban J connectivity index is 1.87. The third-order valence-corrected chi connectivity index (χ3v) is 3.83. The van der Waals surface area contributed by atoms with E-state index in [0.717, 1.165) is 5.56 Å². The monoisotopic (exact) mass is 327 g/mol. The number of benzene rings is 1. The van der Waals surface area contributed by atoms with Crippen molar-refractivity contribution in [3.63, 3.8) is 0 Å². The minimum Gasteiger partial charge on any atom is -0.345 e. The van der Waals surface area contributed by atoms with Gasteiger partial charge in [-0.05, 0) is 36.8 Å². The summed E-state index contributed by atoms with van der Waals surface area (Å²) < 4.78 is 1.35. The SMILES string of the molecule is C[C@@H](NC(=O)c1cnc2ccccn2c1=O)c1ccc(Cl)cc1. The van der Waals surface area contributed by atoms with Gasteiger partial charge < -0.3 is 5.32 Å². The molecule has 0 aliphatic rings. The quantitative estimate of drug-likeness (QED) is 0.804. The summed E-state index contributed by atoms with van der Waals surface area (Å²) in [6.07, 6.45) is 2.89. The molecule has 1 aromatic carbocycles. The standard InChI is InChI=1S/C17H14ClN3O2/c1-11(12-5-7-13(18)8-6-12)20-16(22)14-10-19-15-4-2-3-9-21(15)17(14)23/h2-11H,1H3,(H,20,22)/t11-/m1/s1.